The minimum absolute atomic E-state index is 0.157. The van der Waals surface area contributed by atoms with Crippen molar-refractivity contribution < 1.29 is 4.39 Å². The van der Waals surface area contributed by atoms with Crippen LogP contribution in [0.15, 0.2) is 39.3 Å². The second-order valence-electron chi connectivity index (χ2n) is 4.25. The van der Waals surface area contributed by atoms with Gasteiger partial charge in [-0.25, -0.2) is 14.4 Å². The molecule has 0 aliphatic carbocycles. The number of rotatable bonds is 1. The Morgan fingerprint density at radius 1 is 0.952 bits per heavy atom. The van der Waals surface area contributed by atoms with E-state index in [1.807, 2.05) is 0 Å². The summed E-state index contributed by atoms with van der Waals surface area (Å²) in [6, 6.07) is 8.27. The first kappa shape index (κ1) is 15.2. The monoisotopic (exact) mass is 448 g/mol. The van der Waals surface area contributed by atoms with Gasteiger partial charge in [0.15, 0.2) is 11.6 Å². The maximum Gasteiger partial charge on any atom is 0.163 e. The zero-order valence-electron chi connectivity index (χ0n) is 10.2. The first-order valence-electron chi connectivity index (χ1n) is 5.73. The molecule has 0 amide bonds. The van der Waals surface area contributed by atoms with Crippen LogP contribution in [0.3, 0.4) is 0 Å². The Bertz CT molecular complexity index is 871. The van der Waals surface area contributed by atoms with Gasteiger partial charge < -0.3 is 0 Å². The van der Waals surface area contributed by atoms with Crippen LogP contribution < -0.4 is 0 Å². The van der Waals surface area contributed by atoms with E-state index in [4.69, 9.17) is 23.2 Å². The number of hydrogen-bond donors (Lipinski definition) is 0. The van der Waals surface area contributed by atoms with Crippen LogP contribution in [0.5, 0.6) is 0 Å². The van der Waals surface area contributed by atoms with E-state index in [-0.39, 0.29) is 16.5 Å². The molecule has 1 aromatic heterocycles. The summed E-state index contributed by atoms with van der Waals surface area (Å²) in [4.78, 5) is 8.47. The smallest absolute Gasteiger partial charge is 0.163 e. The molecule has 2 nitrogen and oxygen atoms in total. The molecule has 0 aliphatic heterocycles. The fourth-order valence-electron chi connectivity index (χ4n) is 1.91. The molecule has 0 atom stereocenters. The maximum absolute atomic E-state index is 14.1. The van der Waals surface area contributed by atoms with Crippen molar-refractivity contribution in [2.75, 3.05) is 0 Å². The molecule has 0 bridgehead atoms. The minimum atomic E-state index is -0.476. The van der Waals surface area contributed by atoms with Gasteiger partial charge in [0, 0.05) is 19.9 Å². The van der Waals surface area contributed by atoms with Crippen molar-refractivity contribution in [3.8, 4) is 11.4 Å². The molecule has 0 N–H and O–H groups in total. The predicted molar refractivity (Wildman–Crippen MR) is 90.4 cm³/mol. The van der Waals surface area contributed by atoms with Crippen LogP contribution in [0.2, 0.25) is 10.2 Å². The Morgan fingerprint density at radius 3 is 2.48 bits per heavy atom. The lowest BCUT2D eigenvalue weighted by atomic mass is 10.2. The molecule has 0 fully saturated rings. The lowest BCUT2D eigenvalue weighted by Gasteiger charge is -2.08. The summed E-state index contributed by atoms with van der Waals surface area (Å²) < 4.78 is 15.5. The highest BCUT2D eigenvalue weighted by atomic mass is 79.9. The SMILES string of the molecule is Fc1cc(Br)cc2c(Cl)nc(-c3cc(Br)ccc3Cl)nc12. The van der Waals surface area contributed by atoms with Gasteiger partial charge >= 0.3 is 0 Å². The van der Waals surface area contributed by atoms with Gasteiger partial charge in [0.25, 0.3) is 0 Å². The van der Waals surface area contributed by atoms with E-state index in [1.54, 1.807) is 24.3 Å². The standard InChI is InChI=1S/C14H5Br2Cl2FN2/c15-6-1-2-10(17)8(3-6)14-20-12-9(13(18)21-14)4-7(16)5-11(12)19/h1-5H. The molecule has 0 spiro atoms. The highest BCUT2D eigenvalue weighted by Gasteiger charge is 2.14. The van der Waals surface area contributed by atoms with Crippen molar-refractivity contribution in [2.24, 2.45) is 0 Å². The van der Waals surface area contributed by atoms with Crippen LogP contribution in [-0.2, 0) is 0 Å². The number of nitrogens with zero attached hydrogens (tertiary/aromatic N) is 2. The first-order valence-corrected chi connectivity index (χ1v) is 8.07. The van der Waals surface area contributed by atoms with Gasteiger partial charge in [-0.15, -0.1) is 0 Å². The third-order valence-electron chi connectivity index (χ3n) is 2.84. The Labute approximate surface area is 146 Å². The maximum atomic E-state index is 14.1. The fraction of sp³-hybridized carbons (Fsp3) is 0. The molecule has 3 aromatic rings. The van der Waals surface area contributed by atoms with Crippen molar-refractivity contribution in [3.63, 3.8) is 0 Å². The summed E-state index contributed by atoms with van der Waals surface area (Å²) >= 11 is 18.9. The summed E-state index contributed by atoms with van der Waals surface area (Å²) in [6.45, 7) is 0. The number of hydrogen-bond acceptors (Lipinski definition) is 2. The Morgan fingerprint density at radius 2 is 1.71 bits per heavy atom. The van der Waals surface area contributed by atoms with Crippen molar-refractivity contribution in [3.05, 3.63) is 55.3 Å². The molecule has 106 valence electrons. The molecule has 2 aromatic carbocycles. The Balaban J connectivity index is 2.33. The quantitative estimate of drug-likeness (QED) is 0.408. The molecule has 0 unspecified atom stereocenters. The molecule has 0 saturated carbocycles. The van der Waals surface area contributed by atoms with Crippen LogP contribution in [0.25, 0.3) is 22.3 Å². The highest BCUT2D eigenvalue weighted by molar-refractivity contribution is 9.10. The molecule has 3 rings (SSSR count). The third kappa shape index (κ3) is 2.93. The fourth-order valence-corrected chi connectivity index (χ4v) is 3.13. The number of halogens is 5. The van der Waals surface area contributed by atoms with E-state index in [9.17, 15) is 4.39 Å². The van der Waals surface area contributed by atoms with E-state index >= 15 is 0 Å². The van der Waals surface area contributed by atoms with Gasteiger partial charge in [-0.2, -0.15) is 0 Å². The van der Waals surface area contributed by atoms with Gasteiger partial charge in [0.2, 0.25) is 0 Å². The molecule has 21 heavy (non-hydrogen) atoms. The van der Waals surface area contributed by atoms with Gasteiger partial charge in [-0.1, -0.05) is 55.1 Å². The van der Waals surface area contributed by atoms with Gasteiger partial charge in [0.05, 0.1) is 5.02 Å². The van der Waals surface area contributed by atoms with Gasteiger partial charge in [-0.05, 0) is 30.3 Å². The summed E-state index contributed by atoms with van der Waals surface area (Å²) in [5, 5.41) is 1.08. The van der Waals surface area contributed by atoms with Crippen molar-refractivity contribution in [1.82, 2.24) is 9.97 Å². The largest absolute Gasteiger partial charge is 0.225 e. The van der Waals surface area contributed by atoms with Crippen LogP contribution in [0.1, 0.15) is 0 Å². The highest BCUT2D eigenvalue weighted by Crippen LogP contribution is 2.33. The lowest BCUT2D eigenvalue weighted by molar-refractivity contribution is 0.636. The molecule has 0 saturated heterocycles. The summed E-state index contributed by atoms with van der Waals surface area (Å²) in [7, 11) is 0. The second kappa shape index (κ2) is 5.80. The summed E-state index contributed by atoms with van der Waals surface area (Å²) in [5.41, 5.74) is 0.737. The van der Waals surface area contributed by atoms with Gasteiger partial charge in [0.1, 0.15) is 10.7 Å². The normalized spacial score (nSPS) is 11.1. The first-order chi connectivity index (χ1) is 9.95. The topological polar surface area (TPSA) is 25.8 Å². The molecule has 1 heterocycles. The van der Waals surface area contributed by atoms with Crippen LogP contribution in [-0.4, -0.2) is 9.97 Å². The second-order valence-corrected chi connectivity index (χ2v) is 6.84. The minimum Gasteiger partial charge on any atom is -0.225 e. The molecule has 7 heteroatoms. The van der Waals surface area contributed by atoms with Crippen LogP contribution in [0.4, 0.5) is 4.39 Å². The van der Waals surface area contributed by atoms with E-state index in [0.717, 1.165) is 4.47 Å². The molecule has 0 aliphatic rings. The van der Waals surface area contributed by atoms with Crippen molar-refractivity contribution in [1.29, 1.82) is 0 Å². The third-order valence-corrected chi connectivity index (χ3v) is 4.41. The molecular formula is C14H5Br2Cl2FN2. The lowest BCUT2D eigenvalue weighted by Crippen LogP contribution is -1.95. The van der Waals surface area contributed by atoms with E-state index in [2.05, 4.69) is 41.8 Å². The Kier molecular flexibility index (Phi) is 4.19. The van der Waals surface area contributed by atoms with Crippen LogP contribution >= 0.6 is 55.1 Å². The van der Waals surface area contributed by atoms with Gasteiger partial charge in [-0.3, -0.25) is 0 Å². The average Bonchev–Trinajstić information content (AvgIpc) is 2.42. The molecular weight excluding hydrogens is 446 g/mol. The zero-order valence-corrected chi connectivity index (χ0v) is 14.9. The zero-order chi connectivity index (χ0) is 15.1. The molecule has 0 radical (unpaired) electrons. The van der Waals surface area contributed by atoms with Crippen LogP contribution in [0, 0.1) is 5.82 Å². The average molecular weight is 451 g/mol. The van der Waals surface area contributed by atoms with Crippen molar-refractivity contribution >= 4 is 66.0 Å². The van der Waals surface area contributed by atoms with E-state index in [0.29, 0.717) is 20.4 Å². The van der Waals surface area contributed by atoms with Crippen molar-refractivity contribution in [2.45, 2.75) is 0 Å². The summed E-state index contributed by atoms with van der Waals surface area (Å²) in [6.07, 6.45) is 0. The predicted octanol–water partition coefficient (Wildman–Crippen LogP) is 6.27. The number of benzene rings is 2. The van der Waals surface area contributed by atoms with E-state index in [1.165, 1.54) is 6.07 Å². The summed E-state index contributed by atoms with van der Waals surface area (Å²) in [5.74, 6) is -0.198. The number of aromatic nitrogens is 2. The number of fused-ring (bicyclic) bond motifs is 1. The van der Waals surface area contributed by atoms with E-state index < -0.39 is 5.82 Å². The Hall–Kier alpha value is -0.750.